The second-order valence-electron chi connectivity index (χ2n) is 5.01. The average Bonchev–Trinajstić information content (AvgIpc) is 2.41. The topological polar surface area (TPSA) is 70.6 Å². The van der Waals surface area contributed by atoms with E-state index >= 15 is 0 Å². The highest BCUT2D eigenvalue weighted by atomic mass is 19.1. The van der Waals surface area contributed by atoms with Gasteiger partial charge in [0.05, 0.1) is 18.8 Å². The Labute approximate surface area is 117 Å². The Morgan fingerprint density at radius 1 is 1.65 bits per heavy atom. The van der Waals surface area contributed by atoms with Gasteiger partial charge in [0.1, 0.15) is 5.82 Å². The van der Waals surface area contributed by atoms with Crippen molar-refractivity contribution in [1.29, 1.82) is 0 Å². The maximum atomic E-state index is 13.3. The maximum absolute atomic E-state index is 13.3. The third kappa shape index (κ3) is 3.91. The molecule has 2 atom stereocenters. The van der Waals surface area contributed by atoms with E-state index < -0.39 is 11.8 Å². The molecule has 110 valence electrons. The number of carboxylic acids is 1. The maximum Gasteiger partial charge on any atom is 0.338 e. The molecule has 0 spiro atoms. The minimum atomic E-state index is -1.26. The molecule has 1 fully saturated rings. The van der Waals surface area contributed by atoms with Gasteiger partial charge in [-0.05, 0) is 31.5 Å². The standard InChI is InChI=1S/C14H19FN2O3/c1-9(6-11-8-20-5-4-16-11)17-10-2-3-13(15)12(7-10)14(18)19/h2-3,7,9,11,16-17H,4-6,8H2,1H3,(H,18,19). The minimum Gasteiger partial charge on any atom is -0.478 e. The van der Waals surface area contributed by atoms with Gasteiger partial charge in [-0.15, -0.1) is 0 Å². The molecule has 5 nitrogen and oxygen atoms in total. The fraction of sp³-hybridized carbons (Fsp3) is 0.500. The van der Waals surface area contributed by atoms with Gasteiger partial charge in [-0.3, -0.25) is 0 Å². The predicted molar refractivity (Wildman–Crippen MR) is 73.7 cm³/mol. The molecule has 1 aromatic rings. The number of hydrogen-bond donors (Lipinski definition) is 3. The molecule has 1 aromatic carbocycles. The normalized spacial score (nSPS) is 20.4. The summed E-state index contributed by atoms with van der Waals surface area (Å²) in [5.41, 5.74) is 0.286. The Bertz CT molecular complexity index is 475. The summed E-state index contributed by atoms with van der Waals surface area (Å²) in [5.74, 6) is -1.99. The van der Waals surface area contributed by atoms with Crippen molar-refractivity contribution in [3.05, 3.63) is 29.6 Å². The van der Waals surface area contributed by atoms with Crippen molar-refractivity contribution < 1.29 is 19.0 Å². The molecule has 1 aliphatic heterocycles. The molecule has 6 heteroatoms. The lowest BCUT2D eigenvalue weighted by atomic mass is 10.1. The zero-order valence-corrected chi connectivity index (χ0v) is 11.4. The Hall–Kier alpha value is -1.66. The van der Waals surface area contributed by atoms with E-state index in [1.54, 1.807) is 6.07 Å². The van der Waals surface area contributed by atoms with E-state index in [4.69, 9.17) is 9.84 Å². The van der Waals surface area contributed by atoms with E-state index in [1.807, 2.05) is 6.92 Å². The first-order valence-corrected chi connectivity index (χ1v) is 6.67. The second kappa shape index (κ2) is 6.67. The van der Waals surface area contributed by atoms with E-state index in [0.29, 0.717) is 12.3 Å². The van der Waals surface area contributed by atoms with E-state index in [0.717, 1.165) is 19.6 Å². The first-order chi connectivity index (χ1) is 9.56. The van der Waals surface area contributed by atoms with Crippen LogP contribution in [-0.2, 0) is 4.74 Å². The molecule has 0 amide bonds. The number of carboxylic acid groups (broad SMARTS) is 1. The summed E-state index contributed by atoms with van der Waals surface area (Å²) >= 11 is 0. The lowest BCUT2D eigenvalue weighted by Crippen LogP contribution is -2.43. The average molecular weight is 282 g/mol. The Balaban J connectivity index is 1.95. The summed E-state index contributed by atoms with van der Waals surface area (Å²) in [7, 11) is 0. The number of morpholine rings is 1. The first-order valence-electron chi connectivity index (χ1n) is 6.67. The summed E-state index contributed by atoms with van der Waals surface area (Å²) in [4.78, 5) is 10.9. The highest BCUT2D eigenvalue weighted by Crippen LogP contribution is 2.17. The number of aromatic carboxylic acids is 1. The molecule has 1 saturated heterocycles. The molecule has 0 radical (unpaired) electrons. The number of nitrogens with one attached hydrogen (secondary N) is 2. The summed E-state index contributed by atoms with van der Waals surface area (Å²) in [5, 5.41) is 15.4. The van der Waals surface area contributed by atoms with Crippen molar-refractivity contribution >= 4 is 11.7 Å². The van der Waals surface area contributed by atoms with E-state index in [-0.39, 0.29) is 17.6 Å². The molecule has 1 aliphatic rings. The third-order valence-electron chi connectivity index (χ3n) is 3.25. The third-order valence-corrected chi connectivity index (χ3v) is 3.25. The first kappa shape index (κ1) is 14.7. The highest BCUT2D eigenvalue weighted by Gasteiger charge is 2.17. The molecule has 3 N–H and O–H groups in total. The number of hydrogen-bond acceptors (Lipinski definition) is 4. The predicted octanol–water partition coefficient (Wildman–Crippen LogP) is 1.70. The highest BCUT2D eigenvalue weighted by molar-refractivity contribution is 5.89. The van der Waals surface area contributed by atoms with Gasteiger partial charge in [0.2, 0.25) is 0 Å². The van der Waals surface area contributed by atoms with Crippen LogP contribution in [0.2, 0.25) is 0 Å². The van der Waals surface area contributed by atoms with Crippen molar-refractivity contribution in [3.63, 3.8) is 0 Å². The smallest absolute Gasteiger partial charge is 0.338 e. The van der Waals surface area contributed by atoms with Crippen LogP contribution in [0, 0.1) is 5.82 Å². The number of benzene rings is 1. The van der Waals surface area contributed by atoms with Crippen LogP contribution in [-0.4, -0.2) is 42.9 Å². The van der Waals surface area contributed by atoms with Crippen LogP contribution < -0.4 is 10.6 Å². The largest absolute Gasteiger partial charge is 0.478 e. The monoisotopic (exact) mass is 282 g/mol. The van der Waals surface area contributed by atoms with Crippen LogP contribution in [0.4, 0.5) is 10.1 Å². The van der Waals surface area contributed by atoms with Crippen molar-refractivity contribution in [2.75, 3.05) is 25.1 Å². The molecule has 20 heavy (non-hydrogen) atoms. The summed E-state index contributed by atoms with van der Waals surface area (Å²) < 4.78 is 18.7. The van der Waals surface area contributed by atoms with Crippen molar-refractivity contribution in [3.8, 4) is 0 Å². The number of halogens is 1. The molecule has 0 aromatic heterocycles. The summed E-state index contributed by atoms with van der Waals surface area (Å²) in [6.45, 7) is 4.26. The van der Waals surface area contributed by atoms with Gasteiger partial charge in [0, 0.05) is 24.3 Å². The van der Waals surface area contributed by atoms with Crippen LogP contribution in [0.1, 0.15) is 23.7 Å². The van der Waals surface area contributed by atoms with Gasteiger partial charge in [-0.2, -0.15) is 0 Å². The van der Waals surface area contributed by atoms with Crippen molar-refractivity contribution in [2.24, 2.45) is 0 Å². The molecule has 2 unspecified atom stereocenters. The Morgan fingerprint density at radius 2 is 2.45 bits per heavy atom. The van der Waals surface area contributed by atoms with E-state index in [1.165, 1.54) is 12.1 Å². The van der Waals surface area contributed by atoms with Gasteiger partial charge in [-0.1, -0.05) is 0 Å². The summed E-state index contributed by atoms with van der Waals surface area (Å²) in [6.07, 6.45) is 0.847. The van der Waals surface area contributed by atoms with Crippen LogP contribution in [0.3, 0.4) is 0 Å². The fourth-order valence-electron chi connectivity index (χ4n) is 2.32. The van der Waals surface area contributed by atoms with Crippen LogP contribution in [0.5, 0.6) is 0 Å². The van der Waals surface area contributed by atoms with Gasteiger partial charge >= 0.3 is 5.97 Å². The van der Waals surface area contributed by atoms with Gasteiger partial charge < -0.3 is 20.5 Å². The fourth-order valence-corrected chi connectivity index (χ4v) is 2.32. The van der Waals surface area contributed by atoms with E-state index in [9.17, 15) is 9.18 Å². The number of carbonyl (C=O) groups is 1. The van der Waals surface area contributed by atoms with Crippen LogP contribution in [0.25, 0.3) is 0 Å². The minimum absolute atomic E-state index is 0.126. The van der Waals surface area contributed by atoms with Gasteiger partial charge in [0.25, 0.3) is 0 Å². The van der Waals surface area contributed by atoms with Crippen molar-refractivity contribution in [2.45, 2.75) is 25.4 Å². The van der Waals surface area contributed by atoms with E-state index in [2.05, 4.69) is 10.6 Å². The lowest BCUT2D eigenvalue weighted by Gasteiger charge is -2.27. The number of anilines is 1. The molecular formula is C14H19FN2O3. The lowest BCUT2D eigenvalue weighted by molar-refractivity contribution is 0.0692. The second-order valence-corrected chi connectivity index (χ2v) is 5.01. The number of ether oxygens (including phenoxy) is 1. The molecule has 0 saturated carbocycles. The summed E-state index contributed by atoms with van der Waals surface area (Å²) in [6, 6.07) is 4.44. The number of rotatable bonds is 5. The SMILES string of the molecule is CC(CC1COCCN1)Nc1ccc(F)c(C(=O)O)c1. The molecule has 0 bridgehead atoms. The molecule has 1 heterocycles. The molecule has 0 aliphatic carbocycles. The molecule has 2 rings (SSSR count). The van der Waals surface area contributed by atoms with Crippen molar-refractivity contribution in [1.82, 2.24) is 5.32 Å². The Kier molecular flexibility index (Phi) is 4.92. The van der Waals surface area contributed by atoms with Gasteiger partial charge in [-0.25, -0.2) is 9.18 Å². The quantitative estimate of drug-likeness (QED) is 0.767. The zero-order chi connectivity index (χ0) is 14.5. The Morgan fingerprint density at radius 3 is 3.10 bits per heavy atom. The molecular weight excluding hydrogens is 263 g/mol. The zero-order valence-electron chi connectivity index (χ0n) is 11.4. The van der Waals surface area contributed by atoms with Gasteiger partial charge in [0.15, 0.2) is 0 Å². The van der Waals surface area contributed by atoms with Crippen LogP contribution >= 0.6 is 0 Å². The van der Waals surface area contributed by atoms with Crippen LogP contribution in [0.15, 0.2) is 18.2 Å².